The molecule has 19 heavy (non-hydrogen) atoms. The first-order valence-corrected chi connectivity index (χ1v) is 5.88. The van der Waals surface area contributed by atoms with Crippen LogP contribution in [0.3, 0.4) is 0 Å². The predicted molar refractivity (Wildman–Crippen MR) is 67.4 cm³/mol. The molecule has 0 spiro atoms. The number of rotatable bonds is 2. The summed E-state index contributed by atoms with van der Waals surface area (Å²) in [7, 11) is 1.35. The van der Waals surface area contributed by atoms with Crippen LogP contribution in [-0.2, 0) is 9.57 Å². The van der Waals surface area contributed by atoms with Gasteiger partial charge in [-0.15, -0.1) is 0 Å². The second-order valence-electron chi connectivity index (χ2n) is 5.41. The molecule has 106 valence electrons. The van der Waals surface area contributed by atoms with Crippen molar-refractivity contribution in [3.63, 3.8) is 0 Å². The molecule has 0 aliphatic carbocycles. The molecule has 0 aromatic heterocycles. The van der Waals surface area contributed by atoms with Gasteiger partial charge in [0.2, 0.25) is 0 Å². The molecule has 1 rings (SSSR count). The number of hydrogen-bond acceptors (Lipinski definition) is 6. The predicted octanol–water partition coefficient (Wildman–Crippen LogP) is 0.742. The summed E-state index contributed by atoms with van der Waals surface area (Å²) in [5.41, 5.74) is -1.51. The van der Waals surface area contributed by atoms with Crippen molar-refractivity contribution in [2.24, 2.45) is 10.6 Å². The fraction of sp³-hybridized carbons (Fsp3) is 0.750. The standard InChI is InChI=1S/C12H19N3O4/c1-11(2,3)19-10(17)15-5-9(14-18-4)12(6-13,7-15)8-16/h16H,5,7-8H2,1-4H3. The average Bonchev–Trinajstić information content (AvgIpc) is 2.67. The first kappa shape index (κ1) is 15.2. The maximum absolute atomic E-state index is 11.9. The molecule has 1 saturated heterocycles. The van der Waals surface area contributed by atoms with Crippen molar-refractivity contribution in [2.75, 3.05) is 26.8 Å². The van der Waals surface area contributed by atoms with Crippen molar-refractivity contribution in [3.8, 4) is 6.07 Å². The largest absolute Gasteiger partial charge is 0.444 e. The van der Waals surface area contributed by atoms with Gasteiger partial charge in [0.1, 0.15) is 23.8 Å². The van der Waals surface area contributed by atoms with E-state index in [9.17, 15) is 15.2 Å². The van der Waals surface area contributed by atoms with Gasteiger partial charge in [0, 0.05) is 0 Å². The highest BCUT2D eigenvalue weighted by molar-refractivity contribution is 5.98. The van der Waals surface area contributed by atoms with Gasteiger partial charge in [-0.3, -0.25) is 0 Å². The first-order chi connectivity index (χ1) is 8.78. The smallest absolute Gasteiger partial charge is 0.410 e. The number of aliphatic hydroxyl groups excluding tert-OH is 1. The third-order valence-corrected chi connectivity index (χ3v) is 2.69. The van der Waals surface area contributed by atoms with E-state index in [4.69, 9.17) is 4.74 Å². The average molecular weight is 269 g/mol. The second kappa shape index (κ2) is 5.45. The summed E-state index contributed by atoms with van der Waals surface area (Å²) in [6.07, 6.45) is -0.540. The molecule has 1 unspecified atom stereocenters. The Balaban J connectivity index is 2.91. The molecule has 7 heteroatoms. The number of carbonyl (C=O) groups is 1. The Bertz CT molecular complexity index is 422. The first-order valence-electron chi connectivity index (χ1n) is 5.88. The maximum atomic E-state index is 11.9. The molecule has 1 aliphatic rings. The van der Waals surface area contributed by atoms with Gasteiger partial charge in [-0.05, 0) is 20.8 Å². The lowest BCUT2D eigenvalue weighted by atomic mass is 9.88. The SMILES string of the molecule is CON=C1CN(C(=O)OC(C)(C)C)CC1(C#N)CO. The zero-order chi connectivity index (χ0) is 14.7. The third kappa shape index (κ3) is 3.35. The van der Waals surface area contributed by atoms with E-state index in [2.05, 4.69) is 9.99 Å². The molecule has 0 aromatic rings. The quantitative estimate of drug-likeness (QED) is 0.746. The van der Waals surface area contributed by atoms with Gasteiger partial charge in [-0.25, -0.2) is 4.79 Å². The molecule has 1 atom stereocenters. The van der Waals surface area contributed by atoms with Gasteiger partial charge >= 0.3 is 6.09 Å². The minimum Gasteiger partial charge on any atom is -0.444 e. The van der Waals surface area contributed by atoms with E-state index in [1.165, 1.54) is 12.0 Å². The number of nitrogens with zero attached hydrogens (tertiary/aromatic N) is 3. The molecule has 1 N–H and O–H groups in total. The summed E-state index contributed by atoms with van der Waals surface area (Å²) in [5, 5.41) is 22.4. The maximum Gasteiger partial charge on any atom is 0.410 e. The van der Waals surface area contributed by atoms with Gasteiger partial charge in [-0.2, -0.15) is 5.26 Å². The zero-order valence-corrected chi connectivity index (χ0v) is 11.6. The van der Waals surface area contributed by atoms with Crippen LogP contribution in [0.5, 0.6) is 0 Å². The van der Waals surface area contributed by atoms with Crippen LogP contribution in [0.15, 0.2) is 5.16 Å². The van der Waals surface area contributed by atoms with Crippen LogP contribution < -0.4 is 0 Å². The van der Waals surface area contributed by atoms with E-state index < -0.39 is 23.7 Å². The highest BCUT2D eigenvalue weighted by Crippen LogP contribution is 2.28. The topological polar surface area (TPSA) is 95.1 Å². The van der Waals surface area contributed by atoms with Gasteiger partial charge in [-0.1, -0.05) is 5.16 Å². The van der Waals surface area contributed by atoms with E-state index >= 15 is 0 Å². The second-order valence-corrected chi connectivity index (χ2v) is 5.41. The van der Waals surface area contributed by atoms with Gasteiger partial charge in [0.15, 0.2) is 0 Å². The monoisotopic (exact) mass is 269 g/mol. The van der Waals surface area contributed by atoms with Crippen LogP contribution in [0.25, 0.3) is 0 Å². The van der Waals surface area contributed by atoms with Crippen LogP contribution in [0.2, 0.25) is 0 Å². The minimum absolute atomic E-state index is 0.0388. The summed E-state index contributed by atoms with van der Waals surface area (Å²) in [5.74, 6) is 0. The van der Waals surface area contributed by atoms with Crippen LogP contribution in [0.1, 0.15) is 20.8 Å². The summed E-state index contributed by atoms with van der Waals surface area (Å²) < 4.78 is 5.23. The number of amides is 1. The highest BCUT2D eigenvalue weighted by atomic mass is 16.6. The van der Waals surface area contributed by atoms with E-state index in [1.54, 1.807) is 20.8 Å². The summed E-state index contributed by atoms with van der Waals surface area (Å²) in [6, 6.07) is 2.00. The van der Waals surface area contributed by atoms with E-state index in [1.807, 2.05) is 6.07 Å². The molecule has 7 nitrogen and oxygen atoms in total. The molecule has 0 saturated carbocycles. The van der Waals surface area contributed by atoms with Crippen molar-refractivity contribution < 1.29 is 19.5 Å². The van der Waals surface area contributed by atoms with Crippen molar-refractivity contribution in [1.82, 2.24) is 4.90 Å². The molecule has 0 aromatic carbocycles. The van der Waals surface area contributed by atoms with Gasteiger partial charge in [0.25, 0.3) is 0 Å². The number of carbonyl (C=O) groups excluding carboxylic acids is 1. The van der Waals surface area contributed by atoms with E-state index in [0.29, 0.717) is 5.71 Å². The number of ether oxygens (including phenoxy) is 1. The fourth-order valence-corrected chi connectivity index (χ4v) is 1.76. The Morgan fingerprint density at radius 2 is 2.26 bits per heavy atom. The van der Waals surface area contributed by atoms with Crippen molar-refractivity contribution in [2.45, 2.75) is 26.4 Å². The van der Waals surface area contributed by atoms with Crippen LogP contribution >= 0.6 is 0 Å². The molecule has 1 aliphatic heterocycles. The Kier molecular flexibility index (Phi) is 4.37. The van der Waals surface area contributed by atoms with Crippen LogP contribution in [-0.4, -0.2) is 54.2 Å². The number of likely N-dealkylation sites (tertiary alicyclic amines) is 1. The molecule has 0 radical (unpaired) electrons. The molecular weight excluding hydrogens is 250 g/mol. The van der Waals surface area contributed by atoms with Crippen LogP contribution in [0, 0.1) is 16.7 Å². The molecule has 1 amide bonds. The molecule has 1 heterocycles. The summed E-state index contributed by atoms with van der Waals surface area (Å²) in [6.45, 7) is 5.00. The van der Waals surface area contributed by atoms with Crippen LogP contribution in [0.4, 0.5) is 4.79 Å². The number of aliphatic hydroxyl groups is 1. The van der Waals surface area contributed by atoms with Crippen molar-refractivity contribution in [1.29, 1.82) is 5.26 Å². The Hall–Kier alpha value is -1.81. The minimum atomic E-state index is -1.22. The zero-order valence-electron chi connectivity index (χ0n) is 11.6. The fourth-order valence-electron chi connectivity index (χ4n) is 1.76. The molecule has 0 bridgehead atoms. The Morgan fingerprint density at radius 1 is 1.63 bits per heavy atom. The normalized spacial score (nSPS) is 25.3. The van der Waals surface area contributed by atoms with Gasteiger partial charge in [0.05, 0.1) is 25.8 Å². The Morgan fingerprint density at radius 3 is 2.68 bits per heavy atom. The van der Waals surface area contributed by atoms with E-state index in [0.717, 1.165) is 0 Å². The number of oxime groups is 1. The highest BCUT2D eigenvalue weighted by Gasteiger charge is 2.47. The summed E-state index contributed by atoms with van der Waals surface area (Å²) >= 11 is 0. The molecule has 1 fully saturated rings. The number of hydrogen-bond donors (Lipinski definition) is 1. The lowest BCUT2D eigenvalue weighted by Crippen LogP contribution is -2.37. The third-order valence-electron chi connectivity index (χ3n) is 2.69. The molecular formula is C12H19N3O4. The van der Waals surface area contributed by atoms with E-state index in [-0.39, 0.29) is 13.1 Å². The van der Waals surface area contributed by atoms with Crippen molar-refractivity contribution in [3.05, 3.63) is 0 Å². The number of nitriles is 1. The van der Waals surface area contributed by atoms with Crippen molar-refractivity contribution >= 4 is 11.8 Å². The Labute approximate surface area is 112 Å². The van der Waals surface area contributed by atoms with Gasteiger partial charge < -0.3 is 19.6 Å². The summed E-state index contributed by atoms with van der Waals surface area (Å²) in [4.78, 5) is 17.9. The lowest BCUT2D eigenvalue weighted by molar-refractivity contribution is 0.0272. The lowest BCUT2D eigenvalue weighted by Gasteiger charge is -2.24.